The van der Waals surface area contributed by atoms with Crippen LogP contribution >= 0.6 is 11.6 Å². The zero-order valence-corrected chi connectivity index (χ0v) is 85.2. The average molecular weight is 1920 g/mol. The molecule has 0 radical (unpaired) electrons. The first kappa shape index (κ1) is 106. The van der Waals surface area contributed by atoms with Gasteiger partial charge in [-0.1, -0.05) is 123 Å². The van der Waals surface area contributed by atoms with E-state index < -0.39 is 64.6 Å². The van der Waals surface area contributed by atoms with Crippen LogP contribution < -0.4 is 81.3 Å². The van der Waals surface area contributed by atoms with E-state index in [1.807, 2.05) is 86.9 Å². The van der Waals surface area contributed by atoms with Gasteiger partial charge in [0.2, 0.25) is 11.8 Å². The summed E-state index contributed by atoms with van der Waals surface area (Å²) in [5, 5.41) is 58.8. The maximum atomic E-state index is 14.4. The molecule has 2 amide bonds. The van der Waals surface area contributed by atoms with Crippen LogP contribution in [0.2, 0.25) is 5.02 Å². The van der Waals surface area contributed by atoms with Gasteiger partial charge in [0.1, 0.15) is 60.4 Å². The van der Waals surface area contributed by atoms with Crippen LogP contribution in [0.25, 0.3) is 33.4 Å². The van der Waals surface area contributed by atoms with E-state index in [1.165, 1.54) is 61.2 Å². The number of aromatic nitrogens is 6. The van der Waals surface area contributed by atoms with Crippen LogP contribution in [0.1, 0.15) is 255 Å². The number of hydrogen-bond donors (Lipinski definition) is 5. The van der Waals surface area contributed by atoms with E-state index in [0.717, 1.165) is 157 Å². The third-order valence-electron chi connectivity index (χ3n) is 27.9. The molecule has 4 aromatic heterocycles. The van der Waals surface area contributed by atoms with E-state index in [4.69, 9.17) is 59.8 Å². The molecule has 31 nitrogen and oxygen atoms in total. The molecule has 0 spiro atoms. The van der Waals surface area contributed by atoms with Crippen LogP contribution in [0.4, 0.5) is 11.6 Å². The molecule has 10 fully saturated rings. The number of hydrogen-bond acceptors (Lipinski definition) is 25. The number of pyridine rings is 2. The molecule has 0 bridgehead atoms. The summed E-state index contributed by atoms with van der Waals surface area (Å²) in [6, 6.07) is 17.7. The summed E-state index contributed by atoms with van der Waals surface area (Å²) < 4.78 is 44.5. The molecule has 2 aromatic carbocycles. The molecule has 33 heteroatoms. The number of aliphatic hydroxyl groups excluding tert-OH is 1. The molecule has 10 aliphatic rings. The Morgan fingerprint density at radius 2 is 0.948 bits per heavy atom. The maximum Gasteiger partial charge on any atom is 1.00 e. The van der Waals surface area contributed by atoms with Gasteiger partial charge in [-0.15, -0.1) is 15.8 Å². The van der Waals surface area contributed by atoms with Crippen molar-refractivity contribution in [2.24, 2.45) is 46.3 Å². The minimum Gasteiger partial charge on any atom is -0.850 e. The number of fused-ring (bicyclic) bond motifs is 4. The van der Waals surface area contributed by atoms with Gasteiger partial charge in [-0.05, 0) is 152 Å². The standard InChI is InChI=1S/C49H68N6O9.C28H43NO7.C21H26ClN5O2.C4H9O.K/c1-4-5-6-7-8-9-10-35-29-49(35,48(59)60)30-42(56)41-27-38(31-54(41)46(57)13-14-47(58)64-37-24-33-23-34(33)25-37)63-43-28-45(55-16-15-44(52-55)50-32(2)3)51-40-26-36(11-12-39(40)43)62-22-19-53-17-20-61-21-18-53;1-2-3-4-5-6-7-8-20-15-28(20,27(34)35)16-24(31)23-14-21(30)17-29(23)25(32)9-10-26(33)36-22-12-18-11-19(18)13-22;1-15(2)23-20-5-6-27(25-20)21-14-18(22)17-4-3-16(13-19(17)24-21)29-12-9-26-7-10-28-11-8-26;1-4(2,3)5;/h11-12,15-16,26,28,32-35,37-38,41H,4-10,13-14,17-25,27,29-31H2,1-3H3,(H,50,52)(H,59,60);18-23,30H,2-17H2,1H3,(H,34,35);3-6,13-15H,7-12H2,1-2H3,(H,23,25);1-3H3;/q;;;-1;+1/t33-,34+,35-,37?,38-,41+,49-;18-,19+,20-,21-,22?,23+,28-;;;/m11.../s1. The second-order valence-electron chi connectivity index (χ2n) is 40.7. The summed E-state index contributed by atoms with van der Waals surface area (Å²) in [5.41, 5.74) is -1.50. The van der Waals surface area contributed by atoms with Gasteiger partial charge in [0.15, 0.2) is 23.2 Å². The molecule has 736 valence electrons. The Morgan fingerprint density at radius 1 is 0.533 bits per heavy atom. The summed E-state index contributed by atoms with van der Waals surface area (Å²) in [6.07, 6.45) is 24.1. The minimum atomic E-state index is -1.12. The summed E-state index contributed by atoms with van der Waals surface area (Å²) in [6.45, 7) is 27.1. The van der Waals surface area contributed by atoms with Gasteiger partial charge >= 0.3 is 75.3 Å². The first-order valence-corrected chi connectivity index (χ1v) is 50.3. The van der Waals surface area contributed by atoms with Gasteiger partial charge < -0.3 is 74.0 Å². The first-order chi connectivity index (χ1) is 64.3. The molecular weight excluding hydrogens is 1770 g/mol. The van der Waals surface area contributed by atoms with Crippen molar-refractivity contribution >= 4 is 92.3 Å². The van der Waals surface area contributed by atoms with Crippen molar-refractivity contribution in [1.29, 1.82) is 0 Å². The largest absolute Gasteiger partial charge is 1.00 e. The minimum absolute atomic E-state index is 0. The maximum absolute atomic E-state index is 14.4. The number of nitrogens with one attached hydrogen (secondary N) is 2. The van der Waals surface area contributed by atoms with Crippen LogP contribution in [0.3, 0.4) is 0 Å². The number of unbranched alkanes of at least 4 members (excludes halogenated alkanes) is 10. The Labute approximate surface area is 843 Å². The van der Waals surface area contributed by atoms with Crippen molar-refractivity contribution in [2.75, 3.05) is 103 Å². The number of amides is 2. The number of halogens is 1. The van der Waals surface area contributed by atoms with E-state index in [0.29, 0.717) is 108 Å². The zero-order valence-electron chi connectivity index (χ0n) is 81.3. The number of carboxylic acid groups (broad SMARTS) is 2. The van der Waals surface area contributed by atoms with Gasteiger partial charge in [0.25, 0.3) is 0 Å². The van der Waals surface area contributed by atoms with Gasteiger partial charge in [-0.25, -0.2) is 19.3 Å². The molecule has 6 aromatic rings. The number of anilines is 2. The normalized spacial score (nSPS) is 25.3. The van der Waals surface area contributed by atoms with Crippen molar-refractivity contribution in [3.63, 3.8) is 0 Å². The molecule has 4 aliphatic heterocycles. The van der Waals surface area contributed by atoms with E-state index in [-0.39, 0.29) is 169 Å². The Balaban J connectivity index is 0.000000194. The van der Waals surface area contributed by atoms with Crippen LogP contribution in [0, 0.1) is 46.3 Å². The third kappa shape index (κ3) is 31.3. The molecule has 4 saturated heterocycles. The molecule has 5 N–H and O–H groups in total. The molecule has 2 unspecified atom stereocenters. The second kappa shape index (κ2) is 50.1. The predicted octanol–water partition coefficient (Wildman–Crippen LogP) is 11.8. The van der Waals surface area contributed by atoms with Crippen LogP contribution in [0.5, 0.6) is 17.2 Å². The van der Waals surface area contributed by atoms with Crippen molar-refractivity contribution in [1.82, 2.24) is 49.1 Å². The summed E-state index contributed by atoms with van der Waals surface area (Å²) in [5.74, 6) is 3.33. The van der Waals surface area contributed by atoms with Crippen molar-refractivity contribution in [3.8, 4) is 28.9 Å². The van der Waals surface area contributed by atoms with Crippen molar-refractivity contribution < 1.29 is 143 Å². The number of aliphatic hydroxyl groups is 1. The molecule has 6 aliphatic carbocycles. The number of Topliss-reactive ketones (excluding diaryl/α,β-unsaturated/α-hetero) is 2. The van der Waals surface area contributed by atoms with Crippen LogP contribution in [0.15, 0.2) is 73.1 Å². The van der Waals surface area contributed by atoms with Gasteiger partial charge in [-0.2, -0.15) is 0 Å². The summed E-state index contributed by atoms with van der Waals surface area (Å²) in [7, 11) is 0. The van der Waals surface area contributed by atoms with Crippen LogP contribution in [-0.2, 0) is 57.3 Å². The number of ketones is 2. The monoisotopic (exact) mass is 1920 g/mol. The fourth-order valence-corrected chi connectivity index (χ4v) is 20.5. The molecule has 16 rings (SSSR count). The summed E-state index contributed by atoms with van der Waals surface area (Å²) >= 11 is 6.51. The summed E-state index contributed by atoms with van der Waals surface area (Å²) in [4.78, 5) is 122. The van der Waals surface area contributed by atoms with E-state index in [1.54, 1.807) is 30.1 Å². The van der Waals surface area contributed by atoms with Gasteiger partial charge in [0.05, 0.1) is 90.9 Å². The Morgan fingerprint density at radius 3 is 1.39 bits per heavy atom. The van der Waals surface area contributed by atoms with Gasteiger partial charge in [-0.3, -0.25) is 48.2 Å². The molecule has 8 heterocycles. The number of esters is 2. The smallest absolute Gasteiger partial charge is 0.850 e. The number of benzene rings is 2. The Kier molecular flexibility index (Phi) is 39.5. The number of carbonyl (C=O) groups is 8. The van der Waals surface area contributed by atoms with E-state index >= 15 is 0 Å². The number of ether oxygens (including phenoxy) is 7. The van der Waals surface area contributed by atoms with Crippen LogP contribution in [-0.4, -0.2) is 258 Å². The Bertz CT molecular complexity index is 4910. The fraction of sp³-hybridized carbons (Fsp3) is 0.686. The van der Waals surface area contributed by atoms with Crippen molar-refractivity contribution in [2.45, 2.75) is 309 Å². The van der Waals surface area contributed by atoms with Crippen molar-refractivity contribution in [3.05, 3.63) is 78.1 Å². The number of morpholine rings is 2. The zero-order chi connectivity index (χ0) is 95.4. The van der Waals surface area contributed by atoms with E-state index in [9.17, 15) is 58.8 Å². The number of carboxylic acids is 2. The number of aliphatic carboxylic acids is 2. The second-order valence-corrected chi connectivity index (χ2v) is 41.1. The number of rotatable bonds is 46. The molecule has 14 atom stereocenters. The molecule has 6 saturated carbocycles. The van der Waals surface area contributed by atoms with E-state index in [2.05, 4.69) is 53.2 Å². The van der Waals surface area contributed by atoms with Gasteiger partial charge in [0, 0.05) is 156 Å². The SMILES string of the molecule is CC(C)(C)[O-].CC(C)Nc1ccn(-c2cc(Cl)c3ccc(OCCN4CCOCC4)cc3n2)n1.CCCCCCCC[C@@H]1C[C@]1(CC(=O)[C@@H]1C[C@@H](O)CN1C(=O)CCC(=O)OC1C[C@@H]2C[C@@H]2C1)C(=O)O.CCCCCCCC[C@@H]1C[C@]1(CC(=O)[C@@H]1C[C@@H](Oc2cc(-n3ccc(NC(C)C)n3)nc3cc(OCCN4CCOCC4)ccc23)CN1C(=O)CCC(=O)OC1C[C@@H]2C[C@@H]2C1)C(=O)O.[K+]. The number of nitrogens with zero attached hydrogens (tertiary/aromatic N) is 10. The average Bonchev–Trinajstić information content (AvgIpc) is 1.58. The fourth-order valence-electron chi connectivity index (χ4n) is 20.3. The number of likely N-dealkylation sites (tertiary alicyclic amines) is 2. The first-order valence-electron chi connectivity index (χ1n) is 49.9. The molecular formula is C102H146ClKN12O19. The number of β-amino-alcohol motifs (C(OH)–C–C–N with tert-alkyl or cyclic N) is 1. The topological polar surface area (TPSA) is 383 Å². The predicted molar refractivity (Wildman–Crippen MR) is 508 cm³/mol. The molecule has 135 heavy (non-hydrogen) atoms. The number of carbonyl (C=O) groups excluding carboxylic acids is 6. The quantitative estimate of drug-likeness (QED) is 0.0135. The third-order valence-corrected chi connectivity index (χ3v) is 28.3. The Hall–Kier alpha value is -7.47.